The molecule has 0 spiro atoms. The number of amides is 2. The second-order valence-electron chi connectivity index (χ2n) is 12.3. The molecule has 1 aromatic carbocycles. The zero-order chi connectivity index (χ0) is 29.1. The van der Waals surface area contributed by atoms with Crippen LogP contribution in [0, 0.1) is 17.8 Å². The van der Waals surface area contributed by atoms with Gasteiger partial charge >= 0.3 is 0 Å². The highest BCUT2D eigenvalue weighted by atomic mass is 16.5. The van der Waals surface area contributed by atoms with Crippen LogP contribution in [0.15, 0.2) is 30.3 Å². The first-order valence-corrected chi connectivity index (χ1v) is 15.2. The molecule has 0 N–H and O–H groups in total. The van der Waals surface area contributed by atoms with E-state index in [4.69, 9.17) is 9.47 Å². The predicted molar refractivity (Wildman–Crippen MR) is 160 cm³/mol. The molecular formula is C33H56N2O4. The fourth-order valence-corrected chi connectivity index (χ4v) is 6.45. The fourth-order valence-electron chi connectivity index (χ4n) is 6.45. The van der Waals surface area contributed by atoms with Crippen LogP contribution in [0.2, 0.25) is 0 Å². The van der Waals surface area contributed by atoms with E-state index in [1.54, 1.807) is 14.2 Å². The van der Waals surface area contributed by atoms with Crippen molar-refractivity contribution in [3.05, 3.63) is 35.9 Å². The molecule has 39 heavy (non-hydrogen) atoms. The Balaban J connectivity index is 2.14. The van der Waals surface area contributed by atoms with Crippen LogP contribution in [0.1, 0.15) is 98.0 Å². The summed E-state index contributed by atoms with van der Waals surface area (Å²) in [6.07, 6.45) is 5.14. The maximum atomic E-state index is 13.8. The van der Waals surface area contributed by atoms with Gasteiger partial charge < -0.3 is 19.3 Å². The number of carbonyl (C=O) groups excluding carboxylic acids is 2. The van der Waals surface area contributed by atoms with Gasteiger partial charge in [-0.2, -0.15) is 0 Å². The molecule has 2 rings (SSSR count). The van der Waals surface area contributed by atoms with Gasteiger partial charge in [0.2, 0.25) is 11.8 Å². The predicted octanol–water partition coefficient (Wildman–Crippen LogP) is 6.54. The number of rotatable bonds is 16. The van der Waals surface area contributed by atoms with Crippen molar-refractivity contribution in [2.75, 3.05) is 27.8 Å². The summed E-state index contributed by atoms with van der Waals surface area (Å²) in [5, 5.41) is 0. The highest BCUT2D eigenvalue weighted by Gasteiger charge is 2.40. The van der Waals surface area contributed by atoms with E-state index in [1.165, 1.54) is 5.56 Å². The van der Waals surface area contributed by atoms with E-state index in [0.717, 1.165) is 38.6 Å². The SMILES string of the molecule is CC[C@@H](C)C(C(CC(=O)N1CCCC1C(OC)C(C)CC(C)c1ccccc1)OC)N(C)C(=O)CCC(C)C. The van der Waals surface area contributed by atoms with E-state index in [1.807, 2.05) is 16.8 Å². The molecule has 1 saturated heterocycles. The largest absolute Gasteiger partial charge is 0.379 e. The van der Waals surface area contributed by atoms with Crippen LogP contribution in [0.3, 0.4) is 0 Å². The van der Waals surface area contributed by atoms with Gasteiger partial charge in [-0.1, -0.05) is 78.3 Å². The zero-order valence-electron chi connectivity index (χ0n) is 26.2. The van der Waals surface area contributed by atoms with Gasteiger partial charge in [-0.05, 0) is 54.9 Å². The number of benzene rings is 1. The fraction of sp³-hybridized carbons (Fsp3) is 0.758. The van der Waals surface area contributed by atoms with E-state index in [-0.39, 0.29) is 48.4 Å². The smallest absolute Gasteiger partial charge is 0.225 e. The number of carbonyl (C=O) groups is 2. The molecule has 1 aromatic rings. The van der Waals surface area contributed by atoms with Crippen LogP contribution in [0.25, 0.3) is 0 Å². The van der Waals surface area contributed by atoms with E-state index >= 15 is 0 Å². The number of hydrogen-bond donors (Lipinski definition) is 0. The van der Waals surface area contributed by atoms with Gasteiger partial charge in [0.05, 0.1) is 30.7 Å². The first-order valence-electron chi connectivity index (χ1n) is 15.2. The lowest BCUT2D eigenvalue weighted by Gasteiger charge is -2.39. The average molecular weight is 545 g/mol. The molecule has 1 aliphatic rings. The van der Waals surface area contributed by atoms with Crippen LogP contribution in [0.5, 0.6) is 0 Å². The number of ether oxygens (including phenoxy) is 2. The van der Waals surface area contributed by atoms with Gasteiger partial charge in [0.1, 0.15) is 0 Å². The second kappa shape index (κ2) is 16.4. The molecule has 7 atom stereocenters. The van der Waals surface area contributed by atoms with Gasteiger partial charge in [-0.3, -0.25) is 9.59 Å². The maximum absolute atomic E-state index is 13.8. The lowest BCUT2D eigenvalue weighted by molar-refractivity contribution is -0.144. The van der Waals surface area contributed by atoms with E-state index < -0.39 is 0 Å². The van der Waals surface area contributed by atoms with E-state index in [0.29, 0.717) is 24.2 Å². The molecule has 1 heterocycles. The van der Waals surface area contributed by atoms with Crippen molar-refractivity contribution in [1.82, 2.24) is 9.80 Å². The van der Waals surface area contributed by atoms with Gasteiger partial charge in [-0.15, -0.1) is 0 Å². The molecule has 0 radical (unpaired) electrons. The van der Waals surface area contributed by atoms with Gasteiger partial charge in [0.15, 0.2) is 0 Å². The Hall–Kier alpha value is -1.92. The number of likely N-dealkylation sites (tertiary alicyclic amines) is 1. The third-order valence-electron chi connectivity index (χ3n) is 8.99. The Morgan fingerprint density at radius 1 is 1.03 bits per heavy atom. The first-order chi connectivity index (χ1) is 18.5. The van der Waals surface area contributed by atoms with Gasteiger partial charge in [-0.25, -0.2) is 0 Å². The molecule has 1 aliphatic heterocycles. The minimum absolute atomic E-state index is 0.0192. The number of nitrogens with zero attached hydrogens (tertiary/aromatic N) is 2. The summed E-state index contributed by atoms with van der Waals surface area (Å²) < 4.78 is 12.0. The van der Waals surface area contributed by atoms with Crippen LogP contribution in [0.4, 0.5) is 0 Å². The molecule has 222 valence electrons. The molecule has 6 nitrogen and oxygen atoms in total. The Bertz CT molecular complexity index is 861. The number of hydrogen-bond acceptors (Lipinski definition) is 4. The summed E-state index contributed by atoms with van der Waals surface area (Å²) in [4.78, 5) is 30.8. The van der Waals surface area contributed by atoms with E-state index in [9.17, 15) is 9.59 Å². The van der Waals surface area contributed by atoms with Gasteiger partial charge in [0, 0.05) is 34.2 Å². The normalized spacial score (nSPS) is 20.4. The monoisotopic (exact) mass is 544 g/mol. The second-order valence-corrected chi connectivity index (χ2v) is 12.3. The number of methoxy groups -OCH3 is 2. The summed E-state index contributed by atoms with van der Waals surface area (Å²) >= 11 is 0. The summed E-state index contributed by atoms with van der Waals surface area (Å²) in [6, 6.07) is 10.5. The quantitative estimate of drug-likeness (QED) is 0.237. The minimum atomic E-state index is -0.349. The van der Waals surface area contributed by atoms with Crippen LogP contribution < -0.4 is 0 Å². The molecular weight excluding hydrogens is 488 g/mol. The standard InChI is InChI=1S/C33H56N2O4/c1-10-24(4)32(34(7)30(36)19-18-23(2)3)29(38-8)22-31(37)35-20-14-17-28(35)33(39-9)26(6)21-25(5)27-15-12-11-13-16-27/h11-13,15-16,23-26,28-29,32-33H,10,14,17-22H2,1-9H3/t24-,25?,26?,28?,29?,32?,33?/m1/s1. The topological polar surface area (TPSA) is 59.1 Å². The highest BCUT2D eigenvalue weighted by Crippen LogP contribution is 2.33. The maximum Gasteiger partial charge on any atom is 0.225 e. The van der Waals surface area contributed by atoms with Crippen LogP contribution in [-0.2, 0) is 19.1 Å². The van der Waals surface area contributed by atoms with Gasteiger partial charge in [0.25, 0.3) is 0 Å². The van der Waals surface area contributed by atoms with Crippen LogP contribution in [-0.4, -0.2) is 73.7 Å². The lowest BCUT2D eigenvalue weighted by Crippen LogP contribution is -2.52. The summed E-state index contributed by atoms with van der Waals surface area (Å²) in [5.41, 5.74) is 1.34. The Labute approximate surface area is 238 Å². The highest BCUT2D eigenvalue weighted by molar-refractivity contribution is 5.78. The third-order valence-corrected chi connectivity index (χ3v) is 8.99. The summed E-state index contributed by atoms with van der Waals surface area (Å²) in [6.45, 7) is 13.8. The summed E-state index contributed by atoms with van der Waals surface area (Å²) in [7, 11) is 5.33. The molecule has 0 aliphatic carbocycles. The third kappa shape index (κ3) is 9.31. The molecule has 6 unspecified atom stereocenters. The molecule has 0 bridgehead atoms. The summed E-state index contributed by atoms with van der Waals surface area (Å²) in [5.74, 6) is 1.65. The molecule has 2 amide bonds. The van der Waals surface area contributed by atoms with Crippen molar-refractivity contribution in [3.8, 4) is 0 Å². The molecule has 1 fully saturated rings. The number of likely N-dealkylation sites (N-methyl/N-ethyl adjacent to an activating group) is 1. The first kappa shape index (κ1) is 33.3. The Kier molecular flexibility index (Phi) is 14.0. The van der Waals surface area contributed by atoms with E-state index in [2.05, 4.69) is 71.9 Å². The van der Waals surface area contributed by atoms with Crippen LogP contribution >= 0.6 is 0 Å². The van der Waals surface area contributed by atoms with Crippen molar-refractivity contribution in [1.29, 1.82) is 0 Å². The molecule has 6 heteroatoms. The lowest BCUT2D eigenvalue weighted by atomic mass is 9.85. The Morgan fingerprint density at radius 3 is 2.26 bits per heavy atom. The van der Waals surface area contributed by atoms with Crippen molar-refractivity contribution in [2.45, 2.75) is 117 Å². The minimum Gasteiger partial charge on any atom is -0.379 e. The Morgan fingerprint density at radius 2 is 1.69 bits per heavy atom. The molecule has 0 saturated carbocycles. The van der Waals surface area contributed by atoms with Crippen molar-refractivity contribution >= 4 is 11.8 Å². The van der Waals surface area contributed by atoms with Crippen molar-refractivity contribution in [3.63, 3.8) is 0 Å². The van der Waals surface area contributed by atoms with Crippen molar-refractivity contribution in [2.24, 2.45) is 17.8 Å². The average Bonchev–Trinajstić information content (AvgIpc) is 3.41. The van der Waals surface area contributed by atoms with Crippen molar-refractivity contribution < 1.29 is 19.1 Å². The molecule has 0 aromatic heterocycles. The zero-order valence-corrected chi connectivity index (χ0v) is 26.2.